The van der Waals surface area contributed by atoms with Crippen molar-refractivity contribution in [2.24, 2.45) is 5.92 Å². The average molecular weight is 424 g/mol. The molecule has 1 aliphatic rings. The third kappa shape index (κ3) is 5.57. The van der Waals surface area contributed by atoms with Gasteiger partial charge in [-0.05, 0) is 50.5 Å². The minimum Gasteiger partial charge on any atom is -0.353 e. The van der Waals surface area contributed by atoms with Gasteiger partial charge in [-0.3, -0.25) is 9.59 Å². The number of rotatable bonds is 10. The molecule has 0 unspecified atom stereocenters. The molecule has 2 atom stereocenters. The van der Waals surface area contributed by atoms with Crippen molar-refractivity contribution in [3.05, 3.63) is 24.3 Å². The summed E-state index contributed by atoms with van der Waals surface area (Å²) in [4.78, 5) is 26.6. The van der Waals surface area contributed by atoms with Crippen LogP contribution in [-0.4, -0.2) is 50.2 Å². The summed E-state index contributed by atoms with van der Waals surface area (Å²) < 4.78 is 27.2. The maximum Gasteiger partial charge on any atom is 0.243 e. The van der Waals surface area contributed by atoms with E-state index in [1.807, 2.05) is 27.7 Å². The summed E-state index contributed by atoms with van der Waals surface area (Å²) in [7, 11) is -3.55. The SMILES string of the molecule is CCCN(CCC)S(=O)(=O)c1ccc(N2C[C@@H](C(=O)N[C@H](C)CC)CC2=O)cc1. The molecular weight excluding hydrogens is 390 g/mol. The Kier molecular flexibility index (Phi) is 8.22. The Morgan fingerprint density at radius 1 is 1.17 bits per heavy atom. The van der Waals surface area contributed by atoms with Gasteiger partial charge in [0.25, 0.3) is 0 Å². The monoisotopic (exact) mass is 423 g/mol. The molecule has 2 amide bonds. The lowest BCUT2D eigenvalue weighted by Gasteiger charge is -2.22. The number of nitrogens with zero attached hydrogens (tertiary/aromatic N) is 2. The normalized spacial score (nSPS) is 18.3. The van der Waals surface area contributed by atoms with E-state index >= 15 is 0 Å². The van der Waals surface area contributed by atoms with E-state index in [0.29, 0.717) is 25.3 Å². The first-order valence-electron chi connectivity index (χ1n) is 10.4. The van der Waals surface area contributed by atoms with Crippen LogP contribution < -0.4 is 10.2 Å². The van der Waals surface area contributed by atoms with Crippen LogP contribution in [0.3, 0.4) is 0 Å². The molecule has 1 N–H and O–H groups in total. The largest absolute Gasteiger partial charge is 0.353 e. The molecule has 0 bridgehead atoms. The maximum absolute atomic E-state index is 12.9. The average Bonchev–Trinajstić information content (AvgIpc) is 3.09. The summed E-state index contributed by atoms with van der Waals surface area (Å²) >= 11 is 0. The number of benzene rings is 1. The predicted octanol–water partition coefficient (Wildman–Crippen LogP) is 2.76. The first-order valence-corrected chi connectivity index (χ1v) is 11.9. The number of hydrogen-bond donors (Lipinski definition) is 1. The van der Waals surface area contributed by atoms with E-state index in [2.05, 4.69) is 5.32 Å². The maximum atomic E-state index is 12.9. The molecule has 2 rings (SSSR count). The summed E-state index contributed by atoms with van der Waals surface area (Å²) in [5, 5.41) is 2.93. The summed E-state index contributed by atoms with van der Waals surface area (Å²) in [6.45, 7) is 9.11. The second kappa shape index (κ2) is 10.2. The van der Waals surface area contributed by atoms with Crippen molar-refractivity contribution in [1.29, 1.82) is 0 Å². The predicted molar refractivity (Wildman–Crippen MR) is 114 cm³/mol. The second-order valence-electron chi connectivity index (χ2n) is 7.62. The summed E-state index contributed by atoms with van der Waals surface area (Å²) in [6, 6.07) is 6.46. The summed E-state index contributed by atoms with van der Waals surface area (Å²) in [5.74, 6) is -0.614. The Morgan fingerprint density at radius 3 is 2.28 bits per heavy atom. The van der Waals surface area contributed by atoms with Crippen LogP contribution in [0.15, 0.2) is 29.2 Å². The molecule has 0 radical (unpaired) electrons. The number of sulfonamides is 1. The molecule has 0 aliphatic carbocycles. The Bertz CT molecular complexity index is 802. The van der Waals surface area contributed by atoms with E-state index < -0.39 is 10.0 Å². The zero-order valence-corrected chi connectivity index (χ0v) is 18.7. The van der Waals surface area contributed by atoms with Crippen molar-refractivity contribution in [1.82, 2.24) is 9.62 Å². The zero-order valence-electron chi connectivity index (χ0n) is 17.8. The Morgan fingerprint density at radius 2 is 1.76 bits per heavy atom. The van der Waals surface area contributed by atoms with Crippen molar-refractivity contribution in [3.8, 4) is 0 Å². The smallest absolute Gasteiger partial charge is 0.243 e. The van der Waals surface area contributed by atoms with Crippen LogP contribution in [-0.2, 0) is 19.6 Å². The van der Waals surface area contributed by atoms with Crippen molar-refractivity contribution >= 4 is 27.5 Å². The van der Waals surface area contributed by atoms with Crippen LogP contribution in [0.4, 0.5) is 5.69 Å². The first kappa shape index (κ1) is 23.3. The fourth-order valence-electron chi connectivity index (χ4n) is 3.39. The van der Waals surface area contributed by atoms with Gasteiger partial charge in [0, 0.05) is 37.8 Å². The molecule has 162 valence electrons. The molecule has 1 aliphatic heterocycles. The van der Waals surface area contributed by atoms with E-state index in [1.165, 1.54) is 4.31 Å². The highest BCUT2D eigenvalue weighted by atomic mass is 32.2. The third-order valence-electron chi connectivity index (χ3n) is 5.23. The van der Waals surface area contributed by atoms with E-state index in [4.69, 9.17) is 0 Å². The van der Waals surface area contributed by atoms with E-state index in [-0.39, 0.29) is 35.1 Å². The minimum absolute atomic E-state index is 0.0744. The van der Waals surface area contributed by atoms with Crippen LogP contribution in [0.5, 0.6) is 0 Å². The standard InChI is InChI=1S/C21H33N3O4S/c1-5-12-23(13-6-2)29(27,28)19-10-8-18(9-11-19)24-15-17(14-20(24)25)21(26)22-16(4)7-3/h8-11,16-17H,5-7,12-15H2,1-4H3,(H,22,26)/t16-,17+/m1/s1. The summed E-state index contributed by atoms with van der Waals surface area (Å²) in [6.07, 6.45) is 2.50. The van der Waals surface area contributed by atoms with Crippen LogP contribution in [0.25, 0.3) is 0 Å². The topological polar surface area (TPSA) is 86.8 Å². The van der Waals surface area contributed by atoms with Gasteiger partial charge in [-0.2, -0.15) is 4.31 Å². The molecule has 1 aromatic rings. The van der Waals surface area contributed by atoms with Crippen molar-refractivity contribution in [2.75, 3.05) is 24.5 Å². The van der Waals surface area contributed by atoms with Gasteiger partial charge in [0.2, 0.25) is 21.8 Å². The van der Waals surface area contributed by atoms with Gasteiger partial charge in [-0.15, -0.1) is 0 Å². The molecule has 1 aromatic carbocycles. The quantitative estimate of drug-likeness (QED) is 0.627. The molecule has 7 nitrogen and oxygen atoms in total. The third-order valence-corrected chi connectivity index (χ3v) is 7.14. The number of carbonyl (C=O) groups is 2. The number of nitrogens with one attached hydrogen (secondary N) is 1. The second-order valence-corrected chi connectivity index (χ2v) is 9.56. The summed E-state index contributed by atoms with van der Waals surface area (Å²) in [5.41, 5.74) is 0.616. The molecule has 1 fully saturated rings. The van der Waals surface area contributed by atoms with Gasteiger partial charge in [0.15, 0.2) is 0 Å². The Hall–Kier alpha value is -1.93. The van der Waals surface area contributed by atoms with Crippen molar-refractivity contribution < 1.29 is 18.0 Å². The fourth-order valence-corrected chi connectivity index (χ4v) is 5.02. The molecule has 29 heavy (non-hydrogen) atoms. The molecule has 0 saturated carbocycles. The van der Waals surface area contributed by atoms with Gasteiger partial charge in [-0.1, -0.05) is 20.8 Å². The number of anilines is 1. The van der Waals surface area contributed by atoms with Crippen LogP contribution in [0, 0.1) is 5.92 Å². The van der Waals surface area contributed by atoms with Crippen LogP contribution >= 0.6 is 0 Å². The molecule has 0 spiro atoms. The van der Waals surface area contributed by atoms with Gasteiger partial charge < -0.3 is 10.2 Å². The van der Waals surface area contributed by atoms with Gasteiger partial charge in [0.05, 0.1) is 10.8 Å². The van der Waals surface area contributed by atoms with Gasteiger partial charge >= 0.3 is 0 Å². The van der Waals surface area contributed by atoms with E-state index in [9.17, 15) is 18.0 Å². The molecular formula is C21H33N3O4S. The van der Waals surface area contributed by atoms with Crippen LogP contribution in [0.1, 0.15) is 53.4 Å². The van der Waals surface area contributed by atoms with Crippen molar-refractivity contribution in [3.63, 3.8) is 0 Å². The number of hydrogen-bond acceptors (Lipinski definition) is 4. The lowest BCUT2D eigenvalue weighted by atomic mass is 10.1. The highest BCUT2D eigenvalue weighted by molar-refractivity contribution is 7.89. The van der Waals surface area contributed by atoms with Crippen LogP contribution in [0.2, 0.25) is 0 Å². The number of amides is 2. The highest BCUT2D eigenvalue weighted by Gasteiger charge is 2.35. The Balaban J connectivity index is 2.13. The van der Waals surface area contributed by atoms with Crippen molar-refractivity contribution in [2.45, 2.75) is 64.3 Å². The van der Waals surface area contributed by atoms with E-state index in [0.717, 1.165) is 19.3 Å². The molecule has 1 saturated heterocycles. The zero-order chi connectivity index (χ0) is 21.6. The van der Waals surface area contributed by atoms with Gasteiger partial charge in [-0.25, -0.2) is 8.42 Å². The molecule has 8 heteroatoms. The molecule has 1 heterocycles. The highest BCUT2D eigenvalue weighted by Crippen LogP contribution is 2.27. The molecule has 0 aromatic heterocycles. The lowest BCUT2D eigenvalue weighted by molar-refractivity contribution is -0.126. The van der Waals surface area contributed by atoms with Gasteiger partial charge in [0.1, 0.15) is 0 Å². The van der Waals surface area contributed by atoms with E-state index in [1.54, 1.807) is 29.2 Å². The fraction of sp³-hybridized carbons (Fsp3) is 0.619. The first-order chi connectivity index (χ1) is 13.7. The number of carbonyl (C=O) groups excluding carboxylic acids is 2. The minimum atomic E-state index is -3.55. The lowest BCUT2D eigenvalue weighted by Crippen LogP contribution is -2.38. The Labute approximate surface area is 174 Å².